The molecule has 1 atom stereocenters. The van der Waals surface area contributed by atoms with E-state index in [1.165, 1.54) is 11.8 Å². The van der Waals surface area contributed by atoms with Gasteiger partial charge in [0.25, 0.3) is 5.56 Å². The van der Waals surface area contributed by atoms with Crippen LogP contribution in [0.1, 0.15) is 18.1 Å². The van der Waals surface area contributed by atoms with E-state index in [-0.39, 0.29) is 37.2 Å². The third kappa shape index (κ3) is 5.66. The maximum atomic E-state index is 13.6. The summed E-state index contributed by atoms with van der Waals surface area (Å²) in [5, 5.41) is 2.52. The second-order valence-electron chi connectivity index (χ2n) is 8.82. The lowest BCUT2D eigenvalue weighted by Gasteiger charge is -2.33. The summed E-state index contributed by atoms with van der Waals surface area (Å²) in [4.78, 5) is 42.9. The zero-order chi connectivity index (χ0) is 31.4. The van der Waals surface area contributed by atoms with Gasteiger partial charge in [-0.05, 0) is 25.1 Å². The normalized spacial score (nSPS) is 16.4. The Kier molecular flexibility index (Phi) is 7.56. The van der Waals surface area contributed by atoms with Crippen molar-refractivity contribution in [1.82, 2.24) is 24.0 Å². The fourth-order valence-electron chi connectivity index (χ4n) is 4.13. The molecule has 42 heavy (non-hydrogen) atoms. The summed E-state index contributed by atoms with van der Waals surface area (Å²) < 4.78 is 125. The van der Waals surface area contributed by atoms with E-state index in [0.717, 1.165) is 11.6 Å². The van der Waals surface area contributed by atoms with Gasteiger partial charge in [-0.25, -0.2) is 18.7 Å². The lowest BCUT2D eigenvalue weighted by Crippen LogP contribution is -2.54. The minimum Gasteiger partial charge on any atom is -0.438 e. The summed E-state index contributed by atoms with van der Waals surface area (Å²) in [5.74, 6) is -0.368. The van der Waals surface area contributed by atoms with Crippen molar-refractivity contribution in [3.05, 3.63) is 50.2 Å². The smallest absolute Gasteiger partial charge is 0.438 e. The molecule has 1 unspecified atom stereocenters. The molecule has 19 heteroatoms. The van der Waals surface area contributed by atoms with Crippen molar-refractivity contribution in [3.63, 3.8) is 0 Å². The van der Waals surface area contributed by atoms with Crippen molar-refractivity contribution in [2.45, 2.75) is 31.7 Å². The first-order valence-electron chi connectivity index (χ1n) is 11.6. The third-order valence-electron chi connectivity index (χ3n) is 6.00. The highest BCUT2D eigenvalue weighted by Gasteiger charge is 2.43. The number of nitrogens with zero attached hydrogens (tertiary/aromatic N) is 5. The SMILES string of the molecule is CC#Cn1c(N2CCNC(OC(=O)C(F)(F)F)C2)nc2c1c(=O)n(C)c(=O)n2-c1cc(C(F)(F)F)cc(C(F)(F)F)c1. The quantitative estimate of drug-likeness (QED) is 0.276. The second-order valence-corrected chi connectivity index (χ2v) is 8.82. The molecule has 0 saturated carbocycles. The van der Waals surface area contributed by atoms with E-state index in [1.54, 1.807) is 0 Å². The van der Waals surface area contributed by atoms with Crippen LogP contribution in [-0.2, 0) is 28.9 Å². The average molecular weight is 612 g/mol. The van der Waals surface area contributed by atoms with Gasteiger partial charge in [0.1, 0.15) is 0 Å². The summed E-state index contributed by atoms with van der Waals surface area (Å²) in [6.07, 6.45) is -17.4. The first kappa shape index (κ1) is 30.5. The molecule has 0 aliphatic carbocycles. The summed E-state index contributed by atoms with van der Waals surface area (Å²) in [6, 6.07) is 2.86. The largest absolute Gasteiger partial charge is 0.490 e. The van der Waals surface area contributed by atoms with Crippen molar-refractivity contribution >= 4 is 23.1 Å². The molecule has 1 aliphatic rings. The highest BCUT2D eigenvalue weighted by molar-refractivity contribution is 5.78. The first-order chi connectivity index (χ1) is 19.3. The standard InChI is InChI=1S/C23H17F9N6O4/c1-3-5-37-15-16(34-19(37)36-6-4-33-14(10-36)42-18(40)23(30,31)32)38(20(41)35(2)17(15)39)13-8-11(21(24,25)26)7-12(9-13)22(27,28)29/h7-9,14,33H,4,6,10H2,1-2H3. The van der Waals surface area contributed by atoms with Crippen molar-refractivity contribution in [2.75, 3.05) is 24.5 Å². The average Bonchev–Trinajstić information content (AvgIpc) is 3.25. The number of hydrogen-bond donors (Lipinski definition) is 1. The van der Waals surface area contributed by atoms with E-state index in [0.29, 0.717) is 9.13 Å². The van der Waals surface area contributed by atoms with Crippen molar-refractivity contribution < 1.29 is 49.0 Å². The molecule has 1 N–H and O–H groups in total. The molecule has 1 fully saturated rings. The highest BCUT2D eigenvalue weighted by atomic mass is 19.4. The molecular formula is C23H17F9N6O4. The number of carbonyl (C=O) groups excluding carboxylic acids is 1. The van der Waals surface area contributed by atoms with E-state index >= 15 is 0 Å². The highest BCUT2D eigenvalue weighted by Crippen LogP contribution is 2.37. The maximum absolute atomic E-state index is 13.6. The number of rotatable bonds is 3. The number of carbonyl (C=O) groups is 1. The third-order valence-corrected chi connectivity index (χ3v) is 6.00. The molecule has 1 aromatic carbocycles. The lowest BCUT2D eigenvalue weighted by molar-refractivity contribution is -0.206. The summed E-state index contributed by atoms with van der Waals surface area (Å²) >= 11 is 0. The van der Waals surface area contributed by atoms with Crippen molar-refractivity contribution in [1.29, 1.82) is 0 Å². The van der Waals surface area contributed by atoms with Gasteiger partial charge in [-0.3, -0.25) is 14.7 Å². The lowest BCUT2D eigenvalue weighted by atomic mass is 10.1. The number of alkyl halides is 9. The molecule has 0 spiro atoms. The number of halogens is 9. The molecular weight excluding hydrogens is 595 g/mol. The Morgan fingerprint density at radius 1 is 1.02 bits per heavy atom. The van der Waals surface area contributed by atoms with Crippen LogP contribution in [-0.4, -0.2) is 56.7 Å². The van der Waals surface area contributed by atoms with Crippen LogP contribution in [0.4, 0.5) is 45.5 Å². The van der Waals surface area contributed by atoms with Crippen LogP contribution in [0.2, 0.25) is 0 Å². The zero-order valence-electron chi connectivity index (χ0n) is 21.2. The number of ether oxygens (including phenoxy) is 1. The minimum atomic E-state index is -5.31. The Labute approximate surface area is 227 Å². The number of nitrogens with one attached hydrogen (secondary N) is 1. The Balaban J connectivity index is 1.98. The molecule has 0 bridgehead atoms. The summed E-state index contributed by atoms with van der Waals surface area (Å²) in [5.41, 5.74) is -8.06. The van der Waals surface area contributed by atoms with Gasteiger partial charge in [0, 0.05) is 26.2 Å². The molecule has 226 valence electrons. The summed E-state index contributed by atoms with van der Waals surface area (Å²) in [7, 11) is 0.923. The Hall–Kier alpha value is -4.47. The van der Waals surface area contributed by atoms with Gasteiger partial charge < -0.3 is 9.64 Å². The number of anilines is 1. The van der Waals surface area contributed by atoms with Gasteiger partial charge in [0.2, 0.25) is 5.95 Å². The predicted octanol–water partition coefficient (Wildman–Crippen LogP) is 2.59. The van der Waals surface area contributed by atoms with E-state index in [4.69, 9.17) is 0 Å². The molecule has 2 aromatic heterocycles. The van der Waals surface area contributed by atoms with Crippen molar-refractivity contribution in [2.24, 2.45) is 7.05 Å². The Bertz CT molecular complexity index is 1710. The number of hydrogen-bond acceptors (Lipinski definition) is 7. The molecule has 3 heterocycles. The first-order valence-corrected chi connectivity index (χ1v) is 11.6. The maximum Gasteiger partial charge on any atom is 0.490 e. The molecule has 1 saturated heterocycles. The van der Waals surface area contributed by atoms with Crippen LogP contribution < -0.4 is 21.5 Å². The van der Waals surface area contributed by atoms with Crippen LogP contribution >= 0.6 is 0 Å². The van der Waals surface area contributed by atoms with Crippen LogP contribution in [0.3, 0.4) is 0 Å². The van der Waals surface area contributed by atoms with Crippen LogP contribution in [0, 0.1) is 12.0 Å². The van der Waals surface area contributed by atoms with E-state index in [9.17, 15) is 53.9 Å². The number of benzene rings is 1. The van der Waals surface area contributed by atoms with Gasteiger partial charge in [-0.15, -0.1) is 0 Å². The van der Waals surface area contributed by atoms with Crippen LogP contribution in [0.25, 0.3) is 16.9 Å². The van der Waals surface area contributed by atoms with Gasteiger partial charge >= 0.3 is 30.2 Å². The topological polar surface area (TPSA) is 103 Å². The number of fused-ring (bicyclic) bond motifs is 1. The number of piperazine rings is 1. The fourth-order valence-corrected chi connectivity index (χ4v) is 4.13. The molecule has 1 aliphatic heterocycles. The van der Waals surface area contributed by atoms with Gasteiger partial charge in [0.05, 0.1) is 23.4 Å². The second kappa shape index (κ2) is 10.4. The van der Waals surface area contributed by atoms with Crippen molar-refractivity contribution in [3.8, 4) is 17.7 Å². The number of aromatic nitrogens is 4. The predicted molar refractivity (Wildman–Crippen MR) is 126 cm³/mol. The Morgan fingerprint density at radius 2 is 1.62 bits per heavy atom. The molecule has 4 rings (SSSR count). The van der Waals surface area contributed by atoms with Crippen LogP contribution in [0.5, 0.6) is 0 Å². The molecule has 3 aromatic rings. The monoisotopic (exact) mass is 612 g/mol. The summed E-state index contributed by atoms with van der Waals surface area (Å²) in [6.45, 7) is 0.681. The zero-order valence-corrected chi connectivity index (χ0v) is 21.2. The van der Waals surface area contributed by atoms with Gasteiger partial charge in [-0.2, -0.15) is 44.5 Å². The van der Waals surface area contributed by atoms with E-state index in [2.05, 4.69) is 27.0 Å². The molecule has 10 nitrogen and oxygen atoms in total. The number of esters is 1. The minimum absolute atomic E-state index is 0.0406. The van der Waals surface area contributed by atoms with E-state index in [1.807, 2.05) is 0 Å². The van der Waals surface area contributed by atoms with E-state index < -0.39 is 76.5 Å². The van der Waals surface area contributed by atoms with Crippen LogP contribution in [0.15, 0.2) is 27.8 Å². The van der Waals surface area contributed by atoms with Gasteiger partial charge in [0.15, 0.2) is 17.4 Å². The molecule has 0 radical (unpaired) electrons. The Morgan fingerprint density at radius 3 is 2.14 bits per heavy atom. The fraction of sp³-hybridized carbons (Fsp3) is 0.391. The van der Waals surface area contributed by atoms with Gasteiger partial charge in [-0.1, -0.05) is 5.92 Å². The number of imidazole rings is 1. The molecule has 0 amide bonds.